The van der Waals surface area contributed by atoms with Crippen molar-refractivity contribution in [2.24, 2.45) is 0 Å². The van der Waals surface area contributed by atoms with Gasteiger partial charge in [0.2, 0.25) is 0 Å². The summed E-state index contributed by atoms with van der Waals surface area (Å²) in [6.45, 7) is 9.83. The van der Waals surface area contributed by atoms with E-state index in [1.807, 2.05) is 24.3 Å². The minimum atomic E-state index is 0.201. The van der Waals surface area contributed by atoms with Crippen LogP contribution in [0.1, 0.15) is 11.1 Å². The van der Waals surface area contributed by atoms with E-state index in [1.165, 1.54) is 0 Å². The van der Waals surface area contributed by atoms with E-state index in [0.29, 0.717) is 64.0 Å². The topological polar surface area (TPSA) is 77.4 Å². The number of allylic oxidation sites excluding steroid dienone is 2. The van der Waals surface area contributed by atoms with E-state index in [4.69, 9.17) is 18.9 Å². The number of hydrogen-bond acceptors (Lipinski definition) is 6. The number of rotatable bonds is 15. The molecule has 0 fully saturated rings. The summed E-state index contributed by atoms with van der Waals surface area (Å²) >= 11 is 0. The Kier molecular flexibility index (Phi) is 10.3. The average molecular weight is 414 g/mol. The van der Waals surface area contributed by atoms with Gasteiger partial charge in [-0.25, -0.2) is 0 Å². The Labute approximate surface area is 178 Å². The van der Waals surface area contributed by atoms with E-state index in [2.05, 4.69) is 13.2 Å². The molecular weight excluding hydrogens is 384 g/mol. The molecule has 0 heterocycles. The first-order valence-electron chi connectivity index (χ1n) is 9.90. The third-order valence-corrected chi connectivity index (χ3v) is 4.21. The van der Waals surface area contributed by atoms with Gasteiger partial charge in [0.25, 0.3) is 0 Å². The van der Waals surface area contributed by atoms with Gasteiger partial charge in [0.05, 0.1) is 26.4 Å². The summed E-state index contributed by atoms with van der Waals surface area (Å²) < 4.78 is 22.0. The normalized spacial score (nSPS) is 10.5. The summed E-state index contributed by atoms with van der Waals surface area (Å²) in [6, 6.07) is 10.5. The smallest absolute Gasteiger partial charge is 0.123 e. The first kappa shape index (κ1) is 23.3. The van der Waals surface area contributed by atoms with Crippen LogP contribution in [-0.4, -0.2) is 49.9 Å². The fraction of sp³-hybridized carbons (Fsp3) is 0.333. The number of benzene rings is 2. The van der Waals surface area contributed by atoms with Crippen molar-refractivity contribution in [3.63, 3.8) is 0 Å². The maximum atomic E-state index is 9.88. The van der Waals surface area contributed by atoms with Crippen molar-refractivity contribution >= 4 is 0 Å². The highest BCUT2D eigenvalue weighted by Crippen LogP contribution is 2.25. The van der Waals surface area contributed by atoms with Crippen LogP contribution in [0.3, 0.4) is 0 Å². The third-order valence-electron chi connectivity index (χ3n) is 4.21. The number of phenols is 2. The van der Waals surface area contributed by atoms with E-state index in [9.17, 15) is 10.2 Å². The Morgan fingerprint density at radius 2 is 1.03 bits per heavy atom. The first-order chi connectivity index (χ1) is 14.6. The summed E-state index contributed by atoms with van der Waals surface area (Å²) in [5.41, 5.74) is 1.63. The zero-order chi connectivity index (χ0) is 21.6. The Balaban J connectivity index is 1.49. The molecule has 2 N–H and O–H groups in total. The summed E-state index contributed by atoms with van der Waals surface area (Å²) in [4.78, 5) is 0. The van der Waals surface area contributed by atoms with E-state index >= 15 is 0 Å². The van der Waals surface area contributed by atoms with Crippen LogP contribution < -0.4 is 9.47 Å². The summed E-state index contributed by atoms with van der Waals surface area (Å²) in [5.74, 6) is 1.60. The SMILES string of the molecule is C=CCc1ccc(OCCOCCOCCOc2ccc(CC=C)c(O)c2)cc1O. The van der Waals surface area contributed by atoms with Crippen LogP contribution in [-0.2, 0) is 22.3 Å². The fourth-order valence-electron chi connectivity index (χ4n) is 2.68. The van der Waals surface area contributed by atoms with Gasteiger partial charge in [0.1, 0.15) is 36.2 Å². The molecule has 0 spiro atoms. The van der Waals surface area contributed by atoms with Crippen molar-refractivity contribution in [2.75, 3.05) is 39.6 Å². The van der Waals surface area contributed by atoms with E-state index < -0.39 is 0 Å². The molecule has 0 amide bonds. The second-order valence-electron chi connectivity index (χ2n) is 6.49. The van der Waals surface area contributed by atoms with Crippen LogP contribution in [0.4, 0.5) is 0 Å². The Morgan fingerprint density at radius 3 is 1.40 bits per heavy atom. The molecule has 0 bridgehead atoms. The van der Waals surface area contributed by atoms with Crippen LogP contribution >= 0.6 is 0 Å². The standard InChI is InChI=1S/C24H30O6/c1-3-5-19-7-9-21(17-23(19)25)29-15-13-27-11-12-28-14-16-30-22-10-8-20(6-4-2)24(26)18-22/h3-4,7-10,17-18,25-26H,1-2,5-6,11-16H2. The quantitative estimate of drug-likeness (QED) is 0.338. The van der Waals surface area contributed by atoms with Crippen LogP contribution in [0, 0.1) is 0 Å². The lowest BCUT2D eigenvalue weighted by Gasteiger charge is -2.10. The number of aromatic hydroxyl groups is 2. The molecule has 6 nitrogen and oxygen atoms in total. The lowest BCUT2D eigenvalue weighted by Crippen LogP contribution is -2.13. The molecule has 0 atom stereocenters. The molecule has 2 rings (SSSR count). The van der Waals surface area contributed by atoms with E-state index in [0.717, 1.165) is 11.1 Å². The molecule has 2 aromatic rings. The second-order valence-corrected chi connectivity index (χ2v) is 6.49. The van der Waals surface area contributed by atoms with Crippen LogP contribution in [0.15, 0.2) is 61.7 Å². The molecule has 30 heavy (non-hydrogen) atoms. The third kappa shape index (κ3) is 8.19. The average Bonchev–Trinajstić information content (AvgIpc) is 2.73. The Bertz CT molecular complexity index is 735. The second kappa shape index (κ2) is 13.3. The minimum Gasteiger partial charge on any atom is -0.508 e. The van der Waals surface area contributed by atoms with E-state index in [-0.39, 0.29) is 11.5 Å². The number of ether oxygens (including phenoxy) is 4. The molecule has 0 unspecified atom stereocenters. The fourth-order valence-corrected chi connectivity index (χ4v) is 2.68. The molecule has 0 aliphatic carbocycles. The number of phenolic OH excluding ortho intramolecular Hbond substituents is 2. The van der Waals surface area contributed by atoms with Crippen molar-refractivity contribution in [1.82, 2.24) is 0 Å². The van der Waals surface area contributed by atoms with Crippen molar-refractivity contribution in [1.29, 1.82) is 0 Å². The zero-order valence-electron chi connectivity index (χ0n) is 17.2. The van der Waals surface area contributed by atoms with Gasteiger partial charge in [-0.3, -0.25) is 0 Å². The van der Waals surface area contributed by atoms with Crippen LogP contribution in [0.2, 0.25) is 0 Å². The van der Waals surface area contributed by atoms with Gasteiger partial charge in [0, 0.05) is 12.1 Å². The molecule has 0 saturated carbocycles. The molecule has 6 heteroatoms. The molecule has 0 aliphatic rings. The van der Waals surface area contributed by atoms with Gasteiger partial charge in [-0.2, -0.15) is 0 Å². The lowest BCUT2D eigenvalue weighted by atomic mass is 10.1. The van der Waals surface area contributed by atoms with Crippen molar-refractivity contribution < 1.29 is 29.2 Å². The highest BCUT2D eigenvalue weighted by molar-refractivity contribution is 5.41. The van der Waals surface area contributed by atoms with Gasteiger partial charge in [0.15, 0.2) is 0 Å². The highest BCUT2D eigenvalue weighted by Gasteiger charge is 2.03. The predicted octanol–water partition coefficient (Wildman–Crippen LogP) is 4.05. The largest absolute Gasteiger partial charge is 0.508 e. The highest BCUT2D eigenvalue weighted by atomic mass is 16.6. The van der Waals surface area contributed by atoms with Gasteiger partial charge >= 0.3 is 0 Å². The van der Waals surface area contributed by atoms with Gasteiger partial charge < -0.3 is 29.2 Å². The lowest BCUT2D eigenvalue weighted by molar-refractivity contribution is 0.0273. The van der Waals surface area contributed by atoms with Crippen molar-refractivity contribution in [3.05, 3.63) is 72.8 Å². The van der Waals surface area contributed by atoms with Gasteiger partial charge in [-0.1, -0.05) is 24.3 Å². The van der Waals surface area contributed by atoms with E-state index in [1.54, 1.807) is 24.3 Å². The maximum absolute atomic E-state index is 9.88. The molecular formula is C24H30O6. The molecule has 0 radical (unpaired) electrons. The van der Waals surface area contributed by atoms with Crippen molar-refractivity contribution in [2.45, 2.75) is 12.8 Å². The first-order valence-corrected chi connectivity index (χ1v) is 9.90. The Morgan fingerprint density at radius 1 is 0.633 bits per heavy atom. The number of hydrogen-bond donors (Lipinski definition) is 2. The van der Waals surface area contributed by atoms with Gasteiger partial charge in [-0.15, -0.1) is 13.2 Å². The molecule has 0 aliphatic heterocycles. The monoisotopic (exact) mass is 414 g/mol. The molecule has 162 valence electrons. The minimum absolute atomic E-state index is 0.201. The molecule has 0 saturated heterocycles. The molecule has 0 aromatic heterocycles. The van der Waals surface area contributed by atoms with Crippen LogP contribution in [0.5, 0.6) is 23.0 Å². The van der Waals surface area contributed by atoms with Gasteiger partial charge in [-0.05, 0) is 36.1 Å². The van der Waals surface area contributed by atoms with Crippen molar-refractivity contribution in [3.8, 4) is 23.0 Å². The van der Waals surface area contributed by atoms with Crippen LogP contribution in [0.25, 0.3) is 0 Å². The summed E-state index contributed by atoms with van der Waals surface area (Å²) in [5, 5.41) is 19.8. The molecule has 2 aromatic carbocycles. The maximum Gasteiger partial charge on any atom is 0.123 e. The summed E-state index contributed by atoms with van der Waals surface area (Å²) in [6.07, 6.45) is 4.71. The summed E-state index contributed by atoms with van der Waals surface area (Å²) in [7, 11) is 0. The predicted molar refractivity (Wildman–Crippen MR) is 117 cm³/mol. The Hall–Kier alpha value is -2.96. The zero-order valence-corrected chi connectivity index (χ0v) is 17.2.